The Hall–Kier alpha value is -0.690. The summed E-state index contributed by atoms with van der Waals surface area (Å²) in [6.45, 7) is 4.54. The standard InChI is InChI=1S/C14H20ClN/c1-2-16(11-13-4-3-5-13)14-8-6-12(10-15)7-9-14/h6-9,13H,2-5,10-11H2,1H3. The highest BCUT2D eigenvalue weighted by Gasteiger charge is 2.20. The first-order valence-electron chi connectivity index (χ1n) is 6.23. The number of hydrogen-bond donors (Lipinski definition) is 0. The average Bonchev–Trinajstić information content (AvgIpc) is 2.28. The van der Waals surface area contributed by atoms with Gasteiger partial charge in [-0.2, -0.15) is 0 Å². The topological polar surface area (TPSA) is 3.24 Å². The first-order valence-corrected chi connectivity index (χ1v) is 6.76. The molecule has 1 saturated carbocycles. The molecule has 0 aromatic heterocycles. The summed E-state index contributed by atoms with van der Waals surface area (Å²) >= 11 is 5.80. The summed E-state index contributed by atoms with van der Waals surface area (Å²) in [6.07, 6.45) is 4.25. The largest absolute Gasteiger partial charge is 0.372 e. The number of alkyl halides is 1. The smallest absolute Gasteiger partial charge is 0.0474 e. The number of nitrogens with zero attached hydrogens (tertiary/aromatic N) is 1. The number of anilines is 1. The Morgan fingerprint density at radius 3 is 2.38 bits per heavy atom. The number of benzene rings is 1. The molecule has 0 spiro atoms. The van der Waals surface area contributed by atoms with E-state index in [1.54, 1.807) is 0 Å². The first-order chi connectivity index (χ1) is 7.83. The summed E-state index contributed by atoms with van der Waals surface area (Å²) in [7, 11) is 0. The van der Waals surface area contributed by atoms with Crippen LogP contribution in [0.2, 0.25) is 0 Å². The van der Waals surface area contributed by atoms with Crippen LogP contribution in [0.3, 0.4) is 0 Å². The van der Waals surface area contributed by atoms with Crippen molar-refractivity contribution in [2.24, 2.45) is 5.92 Å². The van der Waals surface area contributed by atoms with Gasteiger partial charge in [0.1, 0.15) is 0 Å². The van der Waals surface area contributed by atoms with Gasteiger partial charge in [0.15, 0.2) is 0 Å². The number of halogens is 1. The minimum absolute atomic E-state index is 0.606. The minimum atomic E-state index is 0.606. The summed E-state index contributed by atoms with van der Waals surface area (Å²) in [4.78, 5) is 2.47. The molecule has 1 fully saturated rings. The van der Waals surface area contributed by atoms with Crippen molar-refractivity contribution in [1.82, 2.24) is 0 Å². The van der Waals surface area contributed by atoms with Gasteiger partial charge in [0, 0.05) is 24.7 Å². The van der Waals surface area contributed by atoms with E-state index in [2.05, 4.69) is 36.1 Å². The van der Waals surface area contributed by atoms with Crippen LogP contribution in [-0.4, -0.2) is 13.1 Å². The first kappa shape index (κ1) is 11.8. The van der Waals surface area contributed by atoms with Crippen molar-refractivity contribution in [2.75, 3.05) is 18.0 Å². The zero-order valence-corrected chi connectivity index (χ0v) is 10.7. The van der Waals surface area contributed by atoms with Crippen LogP contribution in [0.1, 0.15) is 31.7 Å². The zero-order chi connectivity index (χ0) is 11.4. The van der Waals surface area contributed by atoms with Crippen molar-refractivity contribution in [1.29, 1.82) is 0 Å². The summed E-state index contributed by atoms with van der Waals surface area (Å²) in [5.41, 5.74) is 2.54. The highest BCUT2D eigenvalue weighted by atomic mass is 35.5. The summed E-state index contributed by atoms with van der Waals surface area (Å²) < 4.78 is 0. The van der Waals surface area contributed by atoms with Gasteiger partial charge in [-0.05, 0) is 43.4 Å². The quantitative estimate of drug-likeness (QED) is 0.699. The molecule has 1 nitrogen and oxygen atoms in total. The molecule has 0 radical (unpaired) electrons. The lowest BCUT2D eigenvalue weighted by Gasteiger charge is -2.33. The summed E-state index contributed by atoms with van der Waals surface area (Å²) in [5.74, 6) is 1.53. The van der Waals surface area contributed by atoms with Crippen LogP contribution in [0.15, 0.2) is 24.3 Å². The molecule has 88 valence electrons. The fraction of sp³-hybridized carbons (Fsp3) is 0.571. The number of hydrogen-bond acceptors (Lipinski definition) is 1. The van der Waals surface area contributed by atoms with E-state index in [0.29, 0.717) is 5.88 Å². The zero-order valence-electron chi connectivity index (χ0n) is 9.95. The second-order valence-electron chi connectivity index (χ2n) is 4.64. The fourth-order valence-corrected chi connectivity index (χ4v) is 2.38. The van der Waals surface area contributed by atoms with Crippen LogP contribution in [-0.2, 0) is 5.88 Å². The van der Waals surface area contributed by atoms with E-state index < -0.39 is 0 Å². The summed E-state index contributed by atoms with van der Waals surface area (Å²) in [6, 6.07) is 8.65. The minimum Gasteiger partial charge on any atom is -0.372 e. The molecule has 1 aliphatic rings. The molecule has 0 saturated heterocycles. The maximum Gasteiger partial charge on any atom is 0.0474 e. The molecular weight excluding hydrogens is 218 g/mol. The Balaban J connectivity index is 2.00. The van der Waals surface area contributed by atoms with Gasteiger partial charge in [-0.1, -0.05) is 18.6 Å². The Morgan fingerprint density at radius 1 is 1.25 bits per heavy atom. The SMILES string of the molecule is CCN(CC1CCC1)c1ccc(CCl)cc1. The van der Waals surface area contributed by atoms with Crippen LogP contribution in [0.25, 0.3) is 0 Å². The van der Waals surface area contributed by atoms with Gasteiger partial charge >= 0.3 is 0 Å². The molecule has 2 heteroatoms. The van der Waals surface area contributed by atoms with E-state index in [4.69, 9.17) is 11.6 Å². The third kappa shape index (κ3) is 2.70. The lowest BCUT2D eigenvalue weighted by atomic mass is 9.85. The molecular formula is C14H20ClN. The molecule has 0 N–H and O–H groups in total. The average molecular weight is 238 g/mol. The van der Waals surface area contributed by atoms with Gasteiger partial charge in [0.05, 0.1) is 0 Å². The monoisotopic (exact) mass is 237 g/mol. The van der Waals surface area contributed by atoms with Crippen molar-refractivity contribution >= 4 is 17.3 Å². The predicted molar refractivity (Wildman–Crippen MR) is 71.2 cm³/mol. The van der Waals surface area contributed by atoms with Crippen LogP contribution < -0.4 is 4.90 Å². The van der Waals surface area contributed by atoms with Gasteiger partial charge in [-0.3, -0.25) is 0 Å². The highest BCUT2D eigenvalue weighted by molar-refractivity contribution is 6.17. The van der Waals surface area contributed by atoms with E-state index in [0.717, 1.165) is 12.5 Å². The third-order valence-electron chi connectivity index (χ3n) is 3.54. The molecule has 0 unspecified atom stereocenters. The molecule has 1 aromatic carbocycles. The Kier molecular flexibility index (Phi) is 4.11. The predicted octanol–water partition coefficient (Wildman–Crippen LogP) is 4.05. The van der Waals surface area contributed by atoms with Crippen molar-refractivity contribution in [3.8, 4) is 0 Å². The van der Waals surface area contributed by atoms with E-state index in [1.165, 1.54) is 37.1 Å². The Labute approximate surface area is 103 Å². The molecule has 1 aliphatic carbocycles. The van der Waals surface area contributed by atoms with Gasteiger partial charge in [0.2, 0.25) is 0 Å². The molecule has 0 bridgehead atoms. The molecule has 16 heavy (non-hydrogen) atoms. The number of rotatable bonds is 5. The molecule has 0 atom stereocenters. The van der Waals surface area contributed by atoms with E-state index in [9.17, 15) is 0 Å². The van der Waals surface area contributed by atoms with Gasteiger partial charge < -0.3 is 4.90 Å². The van der Waals surface area contributed by atoms with Gasteiger partial charge in [-0.25, -0.2) is 0 Å². The summed E-state index contributed by atoms with van der Waals surface area (Å²) in [5, 5.41) is 0. The fourth-order valence-electron chi connectivity index (χ4n) is 2.20. The Morgan fingerprint density at radius 2 is 1.94 bits per heavy atom. The molecule has 1 aromatic rings. The van der Waals surface area contributed by atoms with Gasteiger partial charge in [-0.15, -0.1) is 11.6 Å². The van der Waals surface area contributed by atoms with Crippen molar-refractivity contribution in [3.63, 3.8) is 0 Å². The van der Waals surface area contributed by atoms with Crippen LogP contribution in [0.4, 0.5) is 5.69 Å². The molecule has 0 aliphatic heterocycles. The van der Waals surface area contributed by atoms with E-state index in [1.807, 2.05) is 0 Å². The second-order valence-corrected chi connectivity index (χ2v) is 4.90. The van der Waals surface area contributed by atoms with Crippen LogP contribution >= 0.6 is 11.6 Å². The van der Waals surface area contributed by atoms with E-state index >= 15 is 0 Å². The van der Waals surface area contributed by atoms with Crippen LogP contribution in [0.5, 0.6) is 0 Å². The lowest BCUT2D eigenvalue weighted by Crippen LogP contribution is -2.32. The molecule has 0 heterocycles. The lowest BCUT2D eigenvalue weighted by molar-refractivity contribution is 0.318. The maximum atomic E-state index is 5.80. The molecule has 2 rings (SSSR count). The van der Waals surface area contributed by atoms with Crippen molar-refractivity contribution in [2.45, 2.75) is 32.1 Å². The normalized spacial score (nSPS) is 15.9. The highest BCUT2D eigenvalue weighted by Crippen LogP contribution is 2.29. The van der Waals surface area contributed by atoms with Gasteiger partial charge in [0.25, 0.3) is 0 Å². The van der Waals surface area contributed by atoms with Crippen molar-refractivity contribution in [3.05, 3.63) is 29.8 Å². The second kappa shape index (κ2) is 5.58. The van der Waals surface area contributed by atoms with Crippen LogP contribution in [0, 0.1) is 5.92 Å². The maximum absolute atomic E-state index is 5.80. The third-order valence-corrected chi connectivity index (χ3v) is 3.85. The molecule has 0 amide bonds. The van der Waals surface area contributed by atoms with Crippen molar-refractivity contribution < 1.29 is 0 Å². The Bertz CT molecular complexity index is 316. The van der Waals surface area contributed by atoms with E-state index in [-0.39, 0.29) is 0 Å².